The molecule has 1 heterocycles. The lowest BCUT2D eigenvalue weighted by Crippen LogP contribution is -2.21. The maximum absolute atomic E-state index is 12.0. The van der Waals surface area contributed by atoms with Gasteiger partial charge in [0, 0.05) is 27.7 Å². The lowest BCUT2D eigenvalue weighted by atomic mass is 10.2. The zero-order valence-electron chi connectivity index (χ0n) is 11.5. The number of furan rings is 1. The summed E-state index contributed by atoms with van der Waals surface area (Å²) in [4.78, 5) is 0. The minimum Gasteiger partial charge on any atom is -0.459 e. The predicted molar refractivity (Wildman–Crippen MR) is 80.5 cm³/mol. The number of para-hydroxylation sites is 1. The molecule has 0 bridgehead atoms. The van der Waals surface area contributed by atoms with Crippen LogP contribution in [0.5, 0.6) is 0 Å². The van der Waals surface area contributed by atoms with Gasteiger partial charge in [0.25, 0.3) is 0 Å². The highest BCUT2D eigenvalue weighted by Crippen LogP contribution is 2.23. The zero-order valence-corrected chi connectivity index (χ0v) is 12.3. The molecule has 0 radical (unpaired) electrons. The fourth-order valence-corrected chi connectivity index (χ4v) is 3.54. The Morgan fingerprint density at radius 1 is 1.32 bits per heavy atom. The minimum atomic E-state index is -0.887. The molecule has 2 rings (SSSR count). The van der Waals surface area contributed by atoms with E-state index in [1.54, 1.807) is 0 Å². The molecule has 2 N–H and O–H groups in total. The smallest absolute Gasteiger partial charge is 0.134 e. The Kier molecular flexibility index (Phi) is 4.77. The van der Waals surface area contributed by atoms with Gasteiger partial charge in [0.15, 0.2) is 0 Å². The van der Waals surface area contributed by atoms with Gasteiger partial charge in [-0.15, -0.1) is 0 Å². The molecule has 0 spiro atoms. The lowest BCUT2D eigenvalue weighted by Gasteiger charge is -2.11. The zero-order chi connectivity index (χ0) is 13.8. The second-order valence-electron chi connectivity index (χ2n) is 5.08. The monoisotopic (exact) mass is 279 g/mol. The first-order valence-electron chi connectivity index (χ1n) is 6.69. The van der Waals surface area contributed by atoms with E-state index in [-0.39, 0.29) is 6.04 Å². The van der Waals surface area contributed by atoms with Crippen molar-refractivity contribution in [2.24, 2.45) is 11.7 Å². The molecule has 104 valence electrons. The topological polar surface area (TPSA) is 56.2 Å². The summed E-state index contributed by atoms with van der Waals surface area (Å²) < 4.78 is 17.7. The molecule has 3 nitrogen and oxygen atoms in total. The summed E-state index contributed by atoms with van der Waals surface area (Å²) in [5.74, 6) is 2.37. The molecule has 1 aromatic heterocycles. The number of hydrogen-bond acceptors (Lipinski definition) is 3. The summed E-state index contributed by atoms with van der Waals surface area (Å²) in [5, 5.41) is 1.04. The number of nitrogens with two attached hydrogens (primary N) is 1. The molecule has 0 aliphatic rings. The molecule has 0 saturated carbocycles. The van der Waals surface area contributed by atoms with E-state index in [1.165, 1.54) is 0 Å². The van der Waals surface area contributed by atoms with E-state index in [0.29, 0.717) is 17.4 Å². The van der Waals surface area contributed by atoms with Gasteiger partial charge < -0.3 is 10.2 Å². The summed E-state index contributed by atoms with van der Waals surface area (Å²) in [6, 6.07) is 9.46. The van der Waals surface area contributed by atoms with Crippen LogP contribution in [0, 0.1) is 5.92 Å². The van der Waals surface area contributed by atoms with Crippen molar-refractivity contribution in [2.45, 2.75) is 26.3 Å². The first kappa shape index (κ1) is 14.3. The van der Waals surface area contributed by atoms with Crippen LogP contribution in [0.2, 0.25) is 0 Å². The van der Waals surface area contributed by atoms with Crippen molar-refractivity contribution in [3.8, 4) is 0 Å². The molecule has 2 aromatic rings. The first-order chi connectivity index (χ1) is 9.10. The highest BCUT2D eigenvalue weighted by Gasteiger charge is 2.16. The molecule has 3 unspecified atom stereocenters. The van der Waals surface area contributed by atoms with Gasteiger partial charge in [-0.05, 0) is 18.1 Å². The van der Waals surface area contributed by atoms with Crippen molar-refractivity contribution < 1.29 is 8.63 Å². The molecule has 4 heteroatoms. The van der Waals surface area contributed by atoms with Crippen LogP contribution in [-0.2, 0) is 10.8 Å². The Morgan fingerprint density at radius 2 is 2.05 bits per heavy atom. The largest absolute Gasteiger partial charge is 0.459 e. The van der Waals surface area contributed by atoms with Crippen LogP contribution in [0.25, 0.3) is 11.0 Å². The fourth-order valence-electron chi connectivity index (χ4n) is 1.97. The van der Waals surface area contributed by atoms with E-state index >= 15 is 0 Å². The van der Waals surface area contributed by atoms with Crippen molar-refractivity contribution in [2.75, 3.05) is 11.5 Å². The summed E-state index contributed by atoms with van der Waals surface area (Å²) in [6.45, 7) is 4.23. The van der Waals surface area contributed by atoms with Gasteiger partial charge in [0.2, 0.25) is 0 Å². The molecule has 0 aliphatic carbocycles. The van der Waals surface area contributed by atoms with Gasteiger partial charge in [-0.2, -0.15) is 0 Å². The molecular weight excluding hydrogens is 258 g/mol. The fraction of sp³-hybridized carbons (Fsp3) is 0.467. The molecule has 0 fully saturated rings. The molecule has 0 aliphatic heterocycles. The average molecular weight is 279 g/mol. The van der Waals surface area contributed by atoms with Crippen LogP contribution < -0.4 is 5.73 Å². The Bertz CT molecular complexity index is 531. The minimum absolute atomic E-state index is 0.294. The van der Waals surface area contributed by atoms with Gasteiger partial charge in [-0.3, -0.25) is 4.21 Å². The Hall–Kier alpha value is -1.13. The second kappa shape index (κ2) is 6.35. The molecule has 0 amide bonds. The predicted octanol–water partition coefficient (Wildman–Crippen LogP) is 3.23. The van der Waals surface area contributed by atoms with E-state index in [4.69, 9.17) is 10.2 Å². The van der Waals surface area contributed by atoms with Crippen molar-refractivity contribution in [3.63, 3.8) is 0 Å². The number of benzene rings is 1. The van der Waals surface area contributed by atoms with Crippen molar-refractivity contribution in [3.05, 3.63) is 36.1 Å². The quantitative estimate of drug-likeness (QED) is 0.883. The summed E-state index contributed by atoms with van der Waals surface area (Å²) >= 11 is 0. The molecule has 1 aromatic carbocycles. The highest BCUT2D eigenvalue weighted by atomic mass is 32.2. The Labute approximate surface area is 116 Å². The maximum Gasteiger partial charge on any atom is 0.134 e. The number of hydrogen-bond donors (Lipinski definition) is 1. The van der Waals surface area contributed by atoms with Crippen LogP contribution >= 0.6 is 0 Å². The highest BCUT2D eigenvalue weighted by molar-refractivity contribution is 7.85. The Morgan fingerprint density at radius 3 is 2.74 bits per heavy atom. The van der Waals surface area contributed by atoms with Gasteiger partial charge in [-0.1, -0.05) is 38.5 Å². The lowest BCUT2D eigenvalue weighted by molar-refractivity contribution is 0.513. The third-order valence-corrected chi connectivity index (χ3v) is 5.01. The molecule has 3 atom stereocenters. The van der Waals surface area contributed by atoms with Crippen molar-refractivity contribution in [1.82, 2.24) is 0 Å². The SMILES string of the molecule is CCC(C)CS(=O)CC(N)c1cc2ccccc2o1. The van der Waals surface area contributed by atoms with Gasteiger partial charge in [0.1, 0.15) is 11.3 Å². The van der Waals surface area contributed by atoms with Crippen LogP contribution in [0.4, 0.5) is 0 Å². The molecule has 19 heavy (non-hydrogen) atoms. The van der Waals surface area contributed by atoms with E-state index in [1.807, 2.05) is 30.3 Å². The first-order valence-corrected chi connectivity index (χ1v) is 8.18. The van der Waals surface area contributed by atoms with E-state index in [2.05, 4.69) is 13.8 Å². The van der Waals surface area contributed by atoms with Crippen molar-refractivity contribution >= 4 is 21.8 Å². The summed E-state index contributed by atoms with van der Waals surface area (Å²) in [6.07, 6.45) is 1.05. The normalized spacial score (nSPS) is 16.4. The van der Waals surface area contributed by atoms with Crippen LogP contribution in [0.3, 0.4) is 0 Å². The summed E-state index contributed by atoms with van der Waals surface area (Å²) in [5.41, 5.74) is 6.92. The van der Waals surface area contributed by atoms with E-state index in [9.17, 15) is 4.21 Å². The van der Waals surface area contributed by atoms with Crippen LogP contribution in [-0.4, -0.2) is 15.7 Å². The van der Waals surface area contributed by atoms with Gasteiger partial charge in [0.05, 0.1) is 6.04 Å². The molecule has 0 saturated heterocycles. The maximum atomic E-state index is 12.0. The average Bonchev–Trinajstić information content (AvgIpc) is 2.82. The second-order valence-corrected chi connectivity index (χ2v) is 6.63. The summed E-state index contributed by atoms with van der Waals surface area (Å²) in [7, 11) is -0.887. The Balaban J connectivity index is 2.03. The standard InChI is InChI=1S/C15H21NO2S/c1-3-11(2)9-19(17)10-13(16)15-8-12-6-4-5-7-14(12)18-15/h4-8,11,13H,3,9-10,16H2,1-2H3. The van der Waals surface area contributed by atoms with Gasteiger partial charge in [-0.25, -0.2) is 0 Å². The van der Waals surface area contributed by atoms with Crippen LogP contribution in [0.15, 0.2) is 34.7 Å². The molecular formula is C15H21NO2S. The van der Waals surface area contributed by atoms with Gasteiger partial charge >= 0.3 is 0 Å². The number of fused-ring (bicyclic) bond motifs is 1. The third-order valence-electron chi connectivity index (χ3n) is 3.34. The van der Waals surface area contributed by atoms with Crippen LogP contribution in [0.1, 0.15) is 32.1 Å². The van der Waals surface area contributed by atoms with E-state index < -0.39 is 10.8 Å². The van der Waals surface area contributed by atoms with E-state index in [0.717, 1.165) is 23.2 Å². The van der Waals surface area contributed by atoms with Crippen molar-refractivity contribution in [1.29, 1.82) is 0 Å². The number of rotatable bonds is 6. The third kappa shape index (κ3) is 3.67.